The average molecular weight is 451 g/mol. The summed E-state index contributed by atoms with van der Waals surface area (Å²) in [6, 6.07) is 0. The first-order valence-electron chi connectivity index (χ1n) is 13.0. The van der Waals surface area contributed by atoms with Gasteiger partial charge < -0.3 is 10.2 Å². The van der Waals surface area contributed by atoms with Crippen LogP contribution in [-0.4, -0.2) is 43.2 Å². The van der Waals surface area contributed by atoms with Crippen molar-refractivity contribution in [3.05, 3.63) is 0 Å². The van der Waals surface area contributed by atoms with Crippen LogP contribution in [0.4, 0.5) is 13.2 Å². The molecule has 0 spiro atoms. The number of rotatable bonds is 22. The van der Waals surface area contributed by atoms with E-state index in [-0.39, 0.29) is 6.54 Å². The predicted octanol–water partition coefficient (Wildman–Crippen LogP) is 7.64. The Balaban J connectivity index is 3.32. The quantitative estimate of drug-likeness (QED) is 0.172. The van der Waals surface area contributed by atoms with Gasteiger partial charge in [-0.3, -0.25) is 4.79 Å². The minimum atomic E-state index is -4.76. The summed E-state index contributed by atoms with van der Waals surface area (Å²) in [5.74, 6) is -1.83. The fourth-order valence-electron chi connectivity index (χ4n) is 3.90. The molecule has 31 heavy (non-hydrogen) atoms. The van der Waals surface area contributed by atoms with Gasteiger partial charge in [-0.25, -0.2) is 0 Å². The zero-order valence-electron chi connectivity index (χ0n) is 20.3. The lowest BCUT2D eigenvalue weighted by atomic mass is 10.1. The van der Waals surface area contributed by atoms with Gasteiger partial charge in [0.05, 0.1) is 0 Å². The molecule has 0 aliphatic rings. The topological polar surface area (TPSA) is 32.3 Å². The number of unbranched alkanes of at least 4 members (excludes halogenated alkanes) is 15. The van der Waals surface area contributed by atoms with Gasteiger partial charge in [-0.2, -0.15) is 13.2 Å². The molecule has 0 aliphatic carbocycles. The highest BCUT2D eigenvalue weighted by molar-refractivity contribution is 5.81. The normalized spacial score (nSPS) is 11.9. The molecule has 0 aromatic carbocycles. The Morgan fingerprint density at radius 3 is 1.42 bits per heavy atom. The van der Waals surface area contributed by atoms with Gasteiger partial charge in [-0.05, 0) is 38.9 Å². The van der Waals surface area contributed by atoms with Gasteiger partial charge >= 0.3 is 12.1 Å². The predicted molar refractivity (Wildman–Crippen MR) is 125 cm³/mol. The molecular formula is C25H49F3N2O. The van der Waals surface area contributed by atoms with Crippen LogP contribution in [-0.2, 0) is 4.79 Å². The Morgan fingerprint density at radius 2 is 1.03 bits per heavy atom. The van der Waals surface area contributed by atoms with Crippen LogP contribution in [0.1, 0.15) is 123 Å². The van der Waals surface area contributed by atoms with E-state index in [9.17, 15) is 18.0 Å². The molecule has 0 aromatic heterocycles. The van der Waals surface area contributed by atoms with Gasteiger partial charge in [-0.1, -0.05) is 104 Å². The van der Waals surface area contributed by atoms with Crippen LogP contribution in [0.2, 0.25) is 0 Å². The lowest BCUT2D eigenvalue weighted by Crippen LogP contribution is -2.37. The van der Waals surface area contributed by atoms with E-state index in [4.69, 9.17) is 0 Å². The lowest BCUT2D eigenvalue weighted by Gasteiger charge is -2.20. The Labute approximate surface area is 189 Å². The maximum Gasteiger partial charge on any atom is 0.471 e. The summed E-state index contributed by atoms with van der Waals surface area (Å²) in [6.45, 7) is 8.33. The number of hydrogen-bond acceptors (Lipinski definition) is 2. The van der Waals surface area contributed by atoms with E-state index in [1.165, 1.54) is 103 Å². The molecule has 0 fully saturated rings. The minimum absolute atomic E-state index is 0.118. The molecule has 0 radical (unpaired) electrons. The summed E-state index contributed by atoms with van der Waals surface area (Å²) in [5, 5.41) is 1.92. The zero-order chi connectivity index (χ0) is 23.2. The maximum absolute atomic E-state index is 12.0. The largest absolute Gasteiger partial charge is 0.471 e. The highest BCUT2D eigenvalue weighted by Gasteiger charge is 2.38. The number of carbonyl (C=O) groups is 1. The number of nitrogens with zero attached hydrogens (tertiary/aromatic N) is 1. The standard InChI is InChI=1S/C25H49F3N2O/c1-3-5-6-7-16-19-22-30(4-2)23-20-17-14-12-10-8-9-11-13-15-18-21-29-24(31)25(26,27)28/h3-23H2,1-2H3,(H,29,31). The van der Waals surface area contributed by atoms with Crippen molar-refractivity contribution in [2.24, 2.45) is 0 Å². The second-order valence-corrected chi connectivity index (χ2v) is 8.84. The Morgan fingerprint density at radius 1 is 0.645 bits per heavy atom. The molecule has 0 atom stereocenters. The van der Waals surface area contributed by atoms with Crippen LogP contribution in [0, 0.1) is 0 Å². The van der Waals surface area contributed by atoms with Crippen molar-refractivity contribution in [3.8, 4) is 0 Å². The first-order valence-corrected chi connectivity index (χ1v) is 13.0. The van der Waals surface area contributed by atoms with Gasteiger partial charge in [0.1, 0.15) is 0 Å². The third kappa shape index (κ3) is 20.9. The summed E-state index contributed by atoms with van der Waals surface area (Å²) in [4.78, 5) is 13.3. The van der Waals surface area contributed by atoms with Crippen LogP contribution in [0.15, 0.2) is 0 Å². The summed E-state index contributed by atoms with van der Waals surface area (Å²) >= 11 is 0. The summed E-state index contributed by atoms with van der Waals surface area (Å²) < 4.78 is 36.1. The summed E-state index contributed by atoms with van der Waals surface area (Å²) in [5.41, 5.74) is 0. The molecule has 0 saturated heterocycles. The van der Waals surface area contributed by atoms with E-state index in [1.807, 2.05) is 5.32 Å². The molecule has 0 saturated carbocycles. The fraction of sp³-hybridized carbons (Fsp3) is 0.960. The first kappa shape index (κ1) is 30.2. The van der Waals surface area contributed by atoms with Crippen LogP contribution >= 0.6 is 0 Å². The molecule has 0 aromatic rings. The molecule has 186 valence electrons. The Kier molecular flexibility index (Phi) is 20.6. The second-order valence-electron chi connectivity index (χ2n) is 8.84. The van der Waals surface area contributed by atoms with E-state index in [0.29, 0.717) is 6.42 Å². The fourth-order valence-corrected chi connectivity index (χ4v) is 3.90. The van der Waals surface area contributed by atoms with Gasteiger partial charge in [0.25, 0.3) is 0 Å². The Hall–Kier alpha value is -0.780. The number of halogens is 3. The van der Waals surface area contributed by atoms with Crippen molar-refractivity contribution in [3.63, 3.8) is 0 Å². The second kappa shape index (κ2) is 21.1. The average Bonchev–Trinajstić information content (AvgIpc) is 2.73. The van der Waals surface area contributed by atoms with Gasteiger partial charge in [0.2, 0.25) is 0 Å². The summed E-state index contributed by atoms with van der Waals surface area (Å²) in [6.07, 6.45) is 16.2. The molecule has 1 N–H and O–H groups in total. The molecule has 0 unspecified atom stereocenters. The smallest absolute Gasteiger partial charge is 0.348 e. The molecule has 6 heteroatoms. The van der Waals surface area contributed by atoms with Crippen molar-refractivity contribution < 1.29 is 18.0 Å². The minimum Gasteiger partial charge on any atom is -0.348 e. The van der Waals surface area contributed by atoms with Crippen molar-refractivity contribution >= 4 is 5.91 Å². The van der Waals surface area contributed by atoms with Crippen LogP contribution in [0.25, 0.3) is 0 Å². The van der Waals surface area contributed by atoms with Gasteiger partial charge in [0, 0.05) is 6.54 Å². The highest BCUT2D eigenvalue weighted by atomic mass is 19.4. The number of hydrogen-bond donors (Lipinski definition) is 1. The van der Waals surface area contributed by atoms with Gasteiger partial charge in [0.15, 0.2) is 0 Å². The molecule has 0 aliphatic heterocycles. The van der Waals surface area contributed by atoms with Crippen molar-refractivity contribution in [1.82, 2.24) is 10.2 Å². The number of amides is 1. The van der Waals surface area contributed by atoms with E-state index in [0.717, 1.165) is 19.3 Å². The Bertz CT molecular complexity index is 403. The van der Waals surface area contributed by atoms with E-state index in [2.05, 4.69) is 18.7 Å². The van der Waals surface area contributed by atoms with E-state index in [1.54, 1.807) is 0 Å². The highest BCUT2D eigenvalue weighted by Crippen LogP contribution is 2.15. The molecule has 0 heterocycles. The van der Waals surface area contributed by atoms with Crippen molar-refractivity contribution in [2.45, 2.75) is 129 Å². The number of alkyl halides is 3. The molecule has 1 amide bonds. The molecule has 0 rings (SSSR count). The number of carbonyl (C=O) groups excluding carboxylic acids is 1. The molecular weight excluding hydrogens is 401 g/mol. The van der Waals surface area contributed by atoms with Crippen molar-refractivity contribution in [2.75, 3.05) is 26.2 Å². The number of nitrogens with one attached hydrogen (secondary N) is 1. The molecule has 0 bridgehead atoms. The zero-order valence-corrected chi connectivity index (χ0v) is 20.3. The van der Waals surface area contributed by atoms with Gasteiger partial charge in [-0.15, -0.1) is 0 Å². The maximum atomic E-state index is 12.0. The van der Waals surface area contributed by atoms with E-state index >= 15 is 0 Å². The van der Waals surface area contributed by atoms with Crippen LogP contribution in [0.5, 0.6) is 0 Å². The van der Waals surface area contributed by atoms with Crippen LogP contribution < -0.4 is 5.32 Å². The van der Waals surface area contributed by atoms with Crippen molar-refractivity contribution in [1.29, 1.82) is 0 Å². The third-order valence-corrected chi connectivity index (χ3v) is 5.97. The molecule has 3 nitrogen and oxygen atoms in total. The third-order valence-electron chi connectivity index (χ3n) is 5.97. The first-order chi connectivity index (χ1) is 14.9. The SMILES string of the molecule is CCCCCCCCN(CC)CCCCCCCCCCCCCNC(=O)C(F)(F)F. The van der Waals surface area contributed by atoms with E-state index < -0.39 is 12.1 Å². The summed E-state index contributed by atoms with van der Waals surface area (Å²) in [7, 11) is 0. The van der Waals surface area contributed by atoms with Crippen LogP contribution in [0.3, 0.4) is 0 Å². The lowest BCUT2D eigenvalue weighted by molar-refractivity contribution is -0.173. The monoisotopic (exact) mass is 450 g/mol.